The molecule has 1 saturated heterocycles. The number of hydrogen-bond acceptors (Lipinski definition) is 6. The van der Waals surface area contributed by atoms with Crippen molar-refractivity contribution in [2.24, 2.45) is 0 Å². The third kappa shape index (κ3) is 4.37. The number of thiophene rings is 1. The molecule has 0 unspecified atom stereocenters. The lowest BCUT2D eigenvalue weighted by atomic mass is 10.1. The van der Waals surface area contributed by atoms with Crippen molar-refractivity contribution in [2.75, 3.05) is 31.1 Å². The maximum atomic E-state index is 6.17. The van der Waals surface area contributed by atoms with Crippen molar-refractivity contribution in [1.29, 1.82) is 0 Å². The molecular weight excluding hydrogens is 392 g/mol. The highest BCUT2D eigenvalue weighted by Crippen LogP contribution is 2.28. The first kappa shape index (κ1) is 19.4. The third-order valence-electron chi connectivity index (χ3n) is 5.23. The second-order valence-electron chi connectivity index (χ2n) is 7.08. The summed E-state index contributed by atoms with van der Waals surface area (Å²) in [5.41, 5.74) is 1.20. The molecule has 1 fully saturated rings. The summed E-state index contributed by atoms with van der Waals surface area (Å²) in [5.74, 6) is 0.978. The van der Waals surface area contributed by atoms with Crippen LogP contribution in [0.15, 0.2) is 41.8 Å². The van der Waals surface area contributed by atoms with Gasteiger partial charge in [-0.15, -0.1) is 16.4 Å². The summed E-state index contributed by atoms with van der Waals surface area (Å²) >= 11 is 7.91. The molecule has 0 aliphatic carbocycles. The van der Waals surface area contributed by atoms with Gasteiger partial charge in [-0.3, -0.25) is 4.90 Å². The molecule has 0 spiro atoms. The minimum atomic E-state index is 0.251. The molecule has 2 aromatic heterocycles. The van der Waals surface area contributed by atoms with Crippen LogP contribution < -0.4 is 4.90 Å². The Labute approximate surface area is 174 Å². The molecule has 3 heterocycles. The molecule has 1 aromatic carbocycles. The Balaban J connectivity index is 1.47. The largest absolute Gasteiger partial charge is 0.369 e. The van der Waals surface area contributed by atoms with Crippen LogP contribution >= 0.6 is 22.9 Å². The number of aromatic nitrogens is 4. The van der Waals surface area contributed by atoms with Crippen LogP contribution in [0, 0.1) is 0 Å². The summed E-state index contributed by atoms with van der Waals surface area (Å²) in [6, 6.07) is 12.6. The quantitative estimate of drug-likeness (QED) is 0.580. The lowest BCUT2D eigenvalue weighted by Crippen LogP contribution is -2.48. The molecule has 0 amide bonds. The molecule has 0 saturated carbocycles. The molecule has 148 valence electrons. The highest BCUT2D eigenvalue weighted by Gasteiger charge is 2.28. The number of piperazine rings is 1. The van der Waals surface area contributed by atoms with Crippen LogP contribution in [-0.4, -0.2) is 51.3 Å². The van der Waals surface area contributed by atoms with Crippen LogP contribution in [0.1, 0.15) is 36.5 Å². The van der Waals surface area contributed by atoms with E-state index in [2.05, 4.69) is 55.8 Å². The summed E-state index contributed by atoms with van der Waals surface area (Å²) in [5, 5.41) is 15.6. The van der Waals surface area contributed by atoms with Gasteiger partial charge in [0.25, 0.3) is 0 Å². The van der Waals surface area contributed by atoms with Crippen LogP contribution in [-0.2, 0) is 6.54 Å². The molecule has 0 bridgehead atoms. The average Bonchev–Trinajstić information content (AvgIpc) is 3.39. The van der Waals surface area contributed by atoms with Gasteiger partial charge in [0.2, 0.25) is 0 Å². The van der Waals surface area contributed by atoms with Crippen molar-refractivity contribution >= 4 is 28.6 Å². The van der Waals surface area contributed by atoms with Gasteiger partial charge in [0.15, 0.2) is 5.82 Å². The van der Waals surface area contributed by atoms with Gasteiger partial charge in [-0.2, -0.15) is 0 Å². The average molecular weight is 417 g/mol. The van der Waals surface area contributed by atoms with Gasteiger partial charge in [0, 0.05) is 41.8 Å². The van der Waals surface area contributed by atoms with E-state index in [1.165, 1.54) is 10.6 Å². The van der Waals surface area contributed by atoms with E-state index in [9.17, 15) is 0 Å². The van der Waals surface area contributed by atoms with Gasteiger partial charge >= 0.3 is 0 Å². The first-order valence-electron chi connectivity index (χ1n) is 9.77. The first-order chi connectivity index (χ1) is 13.7. The number of nitrogens with zero attached hydrogens (tertiary/aromatic N) is 6. The number of tetrazole rings is 1. The van der Waals surface area contributed by atoms with Crippen molar-refractivity contribution in [3.05, 3.63) is 57.5 Å². The lowest BCUT2D eigenvalue weighted by molar-refractivity contribution is 0.164. The van der Waals surface area contributed by atoms with E-state index < -0.39 is 0 Å². The monoisotopic (exact) mass is 416 g/mol. The van der Waals surface area contributed by atoms with Crippen LogP contribution in [0.5, 0.6) is 0 Å². The molecule has 1 aliphatic rings. The van der Waals surface area contributed by atoms with Crippen LogP contribution in [0.4, 0.5) is 5.69 Å². The fraction of sp³-hybridized carbons (Fsp3) is 0.450. The van der Waals surface area contributed by atoms with Gasteiger partial charge in [-0.05, 0) is 46.5 Å². The maximum Gasteiger partial charge on any atom is 0.168 e. The summed E-state index contributed by atoms with van der Waals surface area (Å²) in [6.07, 6.45) is 2.16. The van der Waals surface area contributed by atoms with Crippen LogP contribution in [0.2, 0.25) is 5.02 Å². The maximum absolute atomic E-state index is 6.17. The predicted molar refractivity (Wildman–Crippen MR) is 114 cm³/mol. The Hall–Kier alpha value is -1.96. The Kier molecular flexibility index (Phi) is 6.24. The highest BCUT2D eigenvalue weighted by molar-refractivity contribution is 7.09. The fourth-order valence-electron chi connectivity index (χ4n) is 3.83. The zero-order chi connectivity index (χ0) is 19.3. The smallest absolute Gasteiger partial charge is 0.168 e. The standard InChI is InChI=1S/C20H25ClN6S/c1-2-5-19(20-22-23-24-27(20)15-18-8-4-13-28-18)26-11-9-25(10-12-26)17-7-3-6-16(21)14-17/h3-4,6-8,13-14,19H,2,5,9-12,15H2,1H3/t19-/m1/s1. The Morgan fingerprint density at radius 1 is 1.14 bits per heavy atom. The first-order valence-corrected chi connectivity index (χ1v) is 11.0. The number of anilines is 1. The molecule has 8 heteroatoms. The van der Waals surface area contributed by atoms with Crippen molar-refractivity contribution in [1.82, 2.24) is 25.1 Å². The second kappa shape index (κ2) is 9.03. The lowest BCUT2D eigenvalue weighted by Gasteiger charge is -2.39. The topological polar surface area (TPSA) is 50.1 Å². The Morgan fingerprint density at radius 3 is 2.71 bits per heavy atom. The van der Waals surface area contributed by atoms with Gasteiger partial charge < -0.3 is 4.90 Å². The summed E-state index contributed by atoms with van der Waals surface area (Å²) < 4.78 is 1.97. The predicted octanol–water partition coefficient (Wildman–Crippen LogP) is 4.10. The van der Waals surface area contributed by atoms with Gasteiger partial charge in [0.1, 0.15) is 0 Å². The van der Waals surface area contributed by atoms with Gasteiger partial charge in [0.05, 0.1) is 12.6 Å². The van der Waals surface area contributed by atoms with E-state index in [0.29, 0.717) is 0 Å². The number of halogens is 1. The second-order valence-corrected chi connectivity index (χ2v) is 8.55. The minimum absolute atomic E-state index is 0.251. The van der Waals surface area contributed by atoms with Crippen molar-refractivity contribution in [3.63, 3.8) is 0 Å². The Bertz CT molecular complexity index is 872. The molecule has 0 N–H and O–H groups in total. The van der Waals surface area contributed by atoms with Crippen LogP contribution in [0.25, 0.3) is 0 Å². The number of hydrogen-bond donors (Lipinski definition) is 0. The molecule has 1 atom stereocenters. The third-order valence-corrected chi connectivity index (χ3v) is 6.33. The van der Waals surface area contributed by atoms with E-state index in [1.54, 1.807) is 11.3 Å². The zero-order valence-corrected chi connectivity index (χ0v) is 17.6. The molecular formula is C20H25ClN6S. The number of rotatable bonds is 7. The van der Waals surface area contributed by atoms with Crippen molar-refractivity contribution in [2.45, 2.75) is 32.4 Å². The normalized spacial score (nSPS) is 16.4. The van der Waals surface area contributed by atoms with E-state index in [4.69, 9.17) is 11.6 Å². The van der Waals surface area contributed by atoms with E-state index in [-0.39, 0.29) is 6.04 Å². The molecule has 0 radical (unpaired) electrons. The SMILES string of the molecule is CCC[C@H](c1nnnn1Cc1cccs1)N1CCN(c2cccc(Cl)c2)CC1. The van der Waals surface area contributed by atoms with Crippen molar-refractivity contribution in [3.8, 4) is 0 Å². The number of benzene rings is 1. The van der Waals surface area contributed by atoms with E-state index >= 15 is 0 Å². The van der Waals surface area contributed by atoms with Crippen molar-refractivity contribution < 1.29 is 0 Å². The van der Waals surface area contributed by atoms with E-state index in [0.717, 1.165) is 56.4 Å². The summed E-state index contributed by atoms with van der Waals surface area (Å²) in [4.78, 5) is 6.20. The molecule has 6 nitrogen and oxygen atoms in total. The summed E-state index contributed by atoms with van der Waals surface area (Å²) in [6.45, 7) is 6.90. The minimum Gasteiger partial charge on any atom is -0.369 e. The summed E-state index contributed by atoms with van der Waals surface area (Å²) in [7, 11) is 0. The van der Waals surface area contributed by atoms with Crippen LogP contribution in [0.3, 0.4) is 0 Å². The van der Waals surface area contributed by atoms with Gasteiger partial charge in [-0.1, -0.05) is 37.1 Å². The molecule has 28 heavy (non-hydrogen) atoms. The highest BCUT2D eigenvalue weighted by atomic mass is 35.5. The van der Waals surface area contributed by atoms with E-state index in [1.807, 2.05) is 22.9 Å². The molecule has 1 aliphatic heterocycles. The Morgan fingerprint density at radius 2 is 2.00 bits per heavy atom. The van der Waals surface area contributed by atoms with Gasteiger partial charge in [-0.25, -0.2) is 4.68 Å². The zero-order valence-electron chi connectivity index (χ0n) is 16.0. The fourth-order valence-corrected chi connectivity index (χ4v) is 4.70. The molecule has 3 aromatic rings. The molecule has 4 rings (SSSR count).